The summed E-state index contributed by atoms with van der Waals surface area (Å²) < 4.78 is 0. The number of fused-ring (bicyclic) bond motifs is 4. The molecule has 1 saturated heterocycles. The summed E-state index contributed by atoms with van der Waals surface area (Å²) in [6.07, 6.45) is 3.35. The second-order valence-electron chi connectivity index (χ2n) is 9.17. The topological polar surface area (TPSA) is 99.5 Å². The monoisotopic (exact) mass is 424 g/mol. The normalized spacial score (nSPS) is 24.7. The number of nitrogens with zero attached hydrogens (tertiary/aromatic N) is 2. The number of H-pyrrole nitrogens is 1. The lowest BCUT2D eigenvalue weighted by Crippen LogP contribution is -2.33. The van der Waals surface area contributed by atoms with Gasteiger partial charge in [0.15, 0.2) is 5.78 Å². The minimum absolute atomic E-state index is 0.0346. The maximum atomic E-state index is 13.6. The van der Waals surface area contributed by atoms with Gasteiger partial charge in [-0.2, -0.15) is 0 Å². The summed E-state index contributed by atoms with van der Waals surface area (Å²) in [7, 11) is 0. The van der Waals surface area contributed by atoms with Crippen LogP contribution in [0.5, 0.6) is 0 Å². The van der Waals surface area contributed by atoms with Crippen LogP contribution in [0.2, 0.25) is 0 Å². The van der Waals surface area contributed by atoms with E-state index in [1.54, 1.807) is 15.9 Å². The van der Waals surface area contributed by atoms with Gasteiger partial charge in [-0.15, -0.1) is 0 Å². The molecule has 1 spiro atoms. The molecule has 0 bridgehead atoms. The lowest BCUT2D eigenvalue weighted by atomic mass is 9.81. The number of urea groups is 1. The van der Waals surface area contributed by atoms with Crippen molar-refractivity contribution in [1.29, 1.82) is 0 Å². The van der Waals surface area contributed by atoms with Gasteiger partial charge < -0.3 is 15.6 Å². The molecule has 4 aliphatic rings. The van der Waals surface area contributed by atoms with E-state index < -0.39 is 6.03 Å². The number of aromatic amines is 1. The van der Waals surface area contributed by atoms with Crippen molar-refractivity contribution in [2.75, 3.05) is 18.0 Å². The first-order chi connectivity index (χ1) is 15.5. The Hall–Kier alpha value is -3.87. The van der Waals surface area contributed by atoms with Crippen LogP contribution >= 0.6 is 0 Å². The van der Waals surface area contributed by atoms with Gasteiger partial charge in [0.25, 0.3) is 5.91 Å². The quantitative estimate of drug-likeness (QED) is 0.628. The number of benzene rings is 2. The minimum atomic E-state index is -0.467. The number of primary amides is 1. The van der Waals surface area contributed by atoms with Gasteiger partial charge in [0.05, 0.1) is 0 Å². The SMILES string of the molecule is NC(=O)N1CCc2c1ccc1[nH]c(C(=O)N3C[C@@H]4C[C@@]45C3=CC(=O)c3ccccc35)cc21. The van der Waals surface area contributed by atoms with Crippen LogP contribution in [0.15, 0.2) is 54.2 Å². The molecule has 158 valence electrons. The zero-order valence-corrected chi connectivity index (χ0v) is 17.2. The number of allylic oxidation sites excluding steroid dienone is 2. The molecule has 7 nitrogen and oxygen atoms in total. The molecule has 0 radical (unpaired) electrons. The summed E-state index contributed by atoms with van der Waals surface area (Å²) in [6.45, 7) is 1.16. The number of hydrogen-bond donors (Lipinski definition) is 2. The molecular formula is C25H20N4O3. The maximum Gasteiger partial charge on any atom is 0.319 e. The van der Waals surface area contributed by atoms with E-state index in [9.17, 15) is 14.4 Å². The summed E-state index contributed by atoms with van der Waals surface area (Å²) in [4.78, 5) is 44.7. The van der Waals surface area contributed by atoms with E-state index in [1.165, 1.54) is 0 Å². The average Bonchev–Trinajstić information content (AvgIpc) is 3.13. The Balaban J connectivity index is 1.28. The molecule has 3 aromatic rings. The average molecular weight is 424 g/mol. The molecule has 32 heavy (non-hydrogen) atoms. The second-order valence-corrected chi connectivity index (χ2v) is 9.17. The minimum Gasteiger partial charge on any atom is -0.351 e. The number of nitrogens with two attached hydrogens (primary N) is 1. The fourth-order valence-corrected chi connectivity index (χ4v) is 6.18. The molecular weight excluding hydrogens is 404 g/mol. The molecule has 2 fully saturated rings. The third-order valence-electron chi connectivity index (χ3n) is 7.71. The molecule has 1 saturated carbocycles. The number of hydrogen-bond acceptors (Lipinski definition) is 3. The van der Waals surface area contributed by atoms with Crippen molar-refractivity contribution in [3.8, 4) is 0 Å². The van der Waals surface area contributed by atoms with E-state index in [-0.39, 0.29) is 17.1 Å². The molecule has 3 N–H and O–H groups in total. The fourth-order valence-electron chi connectivity index (χ4n) is 6.18. The zero-order chi connectivity index (χ0) is 21.8. The van der Waals surface area contributed by atoms with Crippen molar-refractivity contribution in [3.63, 3.8) is 0 Å². The van der Waals surface area contributed by atoms with Crippen LogP contribution in [0.1, 0.15) is 38.4 Å². The third kappa shape index (κ3) is 2.03. The largest absolute Gasteiger partial charge is 0.351 e. The van der Waals surface area contributed by atoms with Crippen LogP contribution in [0, 0.1) is 5.92 Å². The highest BCUT2D eigenvalue weighted by Gasteiger charge is 2.67. The number of carbonyl (C=O) groups is 3. The predicted octanol–water partition coefficient (Wildman–Crippen LogP) is 3.10. The van der Waals surface area contributed by atoms with E-state index in [0.29, 0.717) is 31.1 Å². The van der Waals surface area contributed by atoms with Crippen molar-refractivity contribution in [2.45, 2.75) is 18.3 Å². The Morgan fingerprint density at radius 2 is 1.97 bits per heavy atom. The number of aromatic nitrogens is 1. The first-order valence-corrected chi connectivity index (χ1v) is 10.9. The van der Waals surface area contributed by atoms with Crippen LogP contribution < -0.4 is 10.6 Å². The van der Waals surface area contributed by atoms with E-state index >= 15 is 0 Å². The van der Waals surface area contributed by atoms with Crippen LogP contribution in [0.25, 0.3) is 10.9 Å². The van der Waals surface area contributed by atoms with Crippen LogP contribution in [-0.2, 0) is 11.8 Å². The van der Waals surface area contributed by atoms with Crippen molar-refractivity contribution < 1.29 is 14.4 Å². The second kappa shape index (κ2) is 5.68. The Labute approximate surface area is 183 Å². The number of ketones is 1. The van der Waals surface area contributed by atoms with Gasteiger partial charge in [-0.1, -0.05) is 24.3 Å². The first kappa shape index (κ1) is 17.8. The Kier molecular flexibility index (Phi) is 3.15. The Morgan fingerprint density at radius 1 is 1.12 bits per heavy atom. The molecule has 1 aromatic heterocycles. The molecule has 7 heteroatoms. The maximum absolute atomic E-state index is 13.6. The highest BCUT2D eigenvalue weighted by atomic mass is 16.2. The highest BCUT2D eigenvalue weighted by Crippen LogP contribution is 2.66. The molecule has 2 aliphatic heterocycles. The van der Waals surface area contributed by atoms with Crippen LogP contribution in [-0.4, -0.2) is 40.7 Å². The van der Waals surface area contributed by atoms with Gasteiger partial charge in [0.2, 0.25) is 0 Å². The van der Waals surface area contributed by atoms with Gasteiger partial charge in [-0.3, -0.25) is 14.5 Å². The number of piperidine rings is 1. The van der Waals surface area contributed by atoms with Gasteiger partial charge in [0, 0.05) is 52.4 Å². The molecule has 2 aromatic carbocycles. The van der Waals surface area contributed by atoms with Crippen LogP contribution in [0.4, 0.5) is 10.5 Å². The van der Waals surface area contributed by atoms with E-state index in [4.69, 9.17) is 5.73 Å². The number of nitrogens with one attached hydrogen (secondary N) is 1. The number of anilines is 1. The third-order valence-corrected chi connectivity index (χ3v) is 7.71. The summed E-state index contributed by atoms with van der Waals surface area (Å²) in [5, 5.41) is 0.938. The first-order valence-electron chi connectivity index (χ1n) is 10.9. The van der Waals surface area contributed by atoms with Crippen LogP contribution in [0.3, 0.4) is 0 Å². The van der Waals surface area contributed by atoms with Gasteiger partial charge in [-0.05, 0) is 48.1 Å². The summed E-state index contributed by atoms with van der Waals surface area (Å²) in [6, 6.07) is 12.9. The molecule has 7 rings (SSSR count). The molecule has 2 atom stereocenters. The number of amides is 3. The Morgan fingerprint density at radius 3 is 2.81 bits per heavy atom. The zero-order valence-electron chi connectivity index (χ0n) is 17.2. The van der Waals surface area contributed by atoms with Crippen molar-refractivity contribution in [3.05, 3.63) is 76.6 Å². The molecule has 2 aliphatic carbocycles. The Bertz CT molecular complexity index is 1430. The standard InChI is InChI=1S/C25H20N4O3/c26-24(32)28-8-7-14-16-9-19(27-18(16)5-6-20(14)28)23(31)29-12-13-11-25(13)17-4-2-1-3-15(17)21(30)10-22(25)29/h1-6,9-10,13,27H,7-8,11-12H2,(H2,26,32)/t13-,25+/m0/s1. The lowest BCUT2D eigenvalue weighted by Gasteiger charge is -2.29. The van der Waals surface area contributed by atoms with Crippen molar-refractivity contribution >= 4 is 34.3 Å². The summed E-state index contributed by atoms with van der Waals surface area (Å²) in [5.41, 5.74) is 11.1. The predicted molar refractivity (Wildman–Crippen MR) is 119 cm³/mol. The highest BCUT2D eigenvalue weighted by molar-refractivity contribution is 6.10. The smallest absolute Gasteiger partial charge is 0.319 e. The van der Waals surface area contributed by atoms with E-state index in [2.05, 4.69) is 4.98 Å². The lowest BCUT2D eigenvalue weighted by molar-refractivity contribution is 0.0806. The fraction of sp³-hybridized carbons (Fsp3) is 0.240. The molecule has 0 unspecified atom stereocenters. The van der Waals surface area contributed by atoms with Crippen molar-refractivity contribution in [2.24, 2.45) is 11.7 Å². The molecule has 3 amide bonds. The summed E-state index contributed by atoms with van der Waals surface area (Å²) >= 11 is 0. The number of likely N-dealkylation sites (tertiary alicyclic amines) is 1. The van der Waals surface area contributed by atoms with Gasteiger partial charge >= 0.3 is 6.03 Å². The van der Waals surface area contributed by atoms with Crippen molar-refractivity contribution in [1.82, 2.24) is 9.88 Å². The van der Waals surface area contributed by atoms with E-state index in [0.717, 1.165) is 45.4 Å². The molecule has 3 heterocycles. The van der Waals surface area contributed by atoms with E-state index in [1.807, 2.05) is 42.5 Å². The number of rotatable bonds is 1. The van der Waals surface area contributed by atoms with Gasteiger partial charge in [-0.25, -0.2) is 4.79 Å². The summed E-state index contributed by atoms with van der Waals surface area (Å²) in [5.74, 6) is 0.196. The number of carbonyl (C=O) groups excluding carboxylic acids is 3. The van der Waals surface area contributed by atoms with Gasteiger partial charge in [0.1, 0.15) is 5.69 Å².